The first kappa shape index (κ1) is 34.5. The van der Waals surface area contributed by atoms with Crippen molar-refractivity contribution in [3.63, 3.8) is 0 Å². The third kappa shape index (κ3) is 13.3. The molecule has 0 saturated heterocycles. The summed E-state index contributed by atoms with van der Waals surface area (Å²) in [6.45, 7) is 2.44. The Hall–Kier alpha value is -4.40. The molecule has 0 saturated carbocycles. The molecule has 4 aromatic rings. The Kier molecular flexibility index (Phi) is 13.9. The summed E-state index contributed by atoms with van der Waals surface area (Å²) >= 11 is 0. The van der Waals surface area contributed by atoms with Crippen LogP contribution in [0, 0.1) is 5.82 Å². The number of alkyl halides is 3. The van der Waals surface area contributed by atoms with Gasteiger partial charge in [-0.2, -0.15) is 0 Å². The Balaban J connectivity index is 0.956. The molecule has 0 spiro atoms. The van der Waals surface area contributed by atoms with Crippen molar-refractivity contribution >= 4 is 0 Å². The van der Waals surface area contributed by atoms with Crippen LogP contribution < -0.4 is 23.7 Å². The largest absolute Gasteiger partial charge is 0.573 e. The van der Waals surface area contributed by atoms with Crippen molar-refractivity contribution in [1.82, 2.24) is 0 Å². The highest BCUT2D eigenvalue weighted by Gasteiger charge is 2.30. The van der Waals surface area contributed by atoms with E-state index in [1.165, 1.54) is 36.4 Å². The highest BCUT2D eigenvalue weighted by atomic mass is 19.4. The summed E-state index contributed by atoms with van der Waals surface area (Å²) in [6, 6.07) is 27.4. The number of unbranched alkanes of at least 4 members (excludes halogenated alkanes) is 6. The predicted octanol–water partition coefficient (Wildman–Crippen LogP) is 10.4. The van der Waals surface area contributed by atoms with Gasteiger partial charge in [0.1, 0.15) is 34.6 Å². The number of ether oxygens (including phenoxy) is 5. The van der Waals surface area contributed by atoms with Crippen molar-refractivity contribution in [2.24, 2.45) is 0 Å². The molecule has 9 heteroatoms. The molecule has 46 heavy (non-hydrogen) atoms. The third-order valence-electron chi connectivity index (χ3n) is 7.07. The summed E-state index contributed by atoms with van der Waals surface area (Å²) in [5.74, 6) is 2.46. The molecule has 4 aromatic carbocycles. The van der Waals surface area contributed by atoms with Gasteiger partial charge in [-0.05, 0) is 135 Å². The van der Waals surface area contributed by atoms with Gasteiger partial charge in [-0.25, -0.2) is 4.39 Å². The molecular formula is C37H40F4O5. The average Bonchev–Trinajstić information content (AvgIpc) is 3.05. The van der Waals surface area contributed by atoms with Crippen LogP contribution in [-0.2, 0) is 0 Å². The second-order valence-electron chi connectivity index (χ2n) is 10.7. The number of hydrogen-bond acceptors (Lipinski definition) is 5. The molecule has 4 rings (SSSR count). The van der Waals surface area contributed by atoms with Crippen LogP contribution in [0.25, 0.3) is 11.1 Å². The first-order valence-electron chi connectivity index (χ1n) is 15.7. The Bertz CT molecular complexity index is 1390. The Morgan fingerprint density at radius 2 is 0.652 bits per heavy atom. The summed E-state index contributed by atoms with van der Waals surface area (Å²) < 4.78 is 76.7. The highest BCUT2D eigenvalue weighted by Crippen LogP contribution is 2.25. The van der Waals surface area contributed by atoms with Gasteiger partial charge in [0, 0.05) is 0 Å². The number of halogens is 4. The molecule has 5 nitrogen and oxygen atoms in total. The molecule has 0 fully saturated rings. The van der Waals surface area contributed by atoms with Gasteiger partial charge in [-0.3, -0.25) is 0 Å². The Labute approximate surface area is 268 Å². The van der Waals surface area contributed by atoms with Crippen molar-refractivity contribution in [2.45, 2.75) is 57.7 Å². The smallest absolute Gasteiger partial charge is 0.494 e. The molecule has 0 N–H and O–H groups in total. The van der Waals surface area contributed by atoms with Crippen LogP contribution in [0.3, 0.4) is 0 Å². The average molecular weight is 641 g/mol. The zero-order valence-corrected chi connectivity index (χ0v) is 25.8. The topological polar surface area (TPSA) is 46.2 Å². The lowest BCUT2D eigenvalue weighted by molar-refractivity contribution is -0.274. The lowest BCUT2D eigenvalue weighted by Gasteiger charge is -2.10. The number of benzene rings is 4. The first-order valence-corrected chi connectivity index (χ1v) is 15.7. The maximum Gasteiger partial charge on any atom is 0.573 e. The Morgan fingerprint density at radius 1 is 0.370 bits per heavy atom. The van der Waals surface area contributed by atoms with Gasteiger partial charge in [0.25, 0.3) is 0 Å². The molecular weight excluding hydrogens is 600 g/mol. The quantitative estimate of drug-likeness (QED) is 0.0711. The highest BCUT2D eigenvalue weighted by molar-refractivity contribution is 5.64. The van der Waals surface area contributed by atoms with Crippen LogP contribution in [0.5, 0.6) is 28.7 Å². The first-order chi connectivity index (χ1) is 22.3. The van der Waals surface area contributed by atoms with E-state index in [1.54, 1.807) is 12.1 Å². The van der Waals surface area contributed by atoms with Crippen LogP contribution in [0.15, 0.2) is 97.1 Å². The molecule has 0 aliphatic heterocycles. The van der Waals surface area contributed by atoms with Crippen molar-refractivity contribution in [1.29, 1.82) is 0 Å². The van der Waals surface area contributed by atoms with Crippen LogP contribution >= 0.6 is 0 Å². The molecule has 0 aliphatic rings. The van der Waals surface area contributed by atoms with Gasteiger partial charge < -0.3 is 23.7 Å². The van der Waals surface area contributed by atoms with E-state index in [0.717, 1.165) is 79.7 Å². The Morgan fingerprint density at radius 3 is 0.978 bits per heavy atom. The second-order valence-corrected chi connectivity index (χ2v) is 10.7. The van der Waals surface area contributed by atoms with E-state index in [-0.39, 0.29) is 11.6 Å². The molecule has 0 unspecified atom stereocenters. The third-order valence-corrected chi connectivity index (χ3v) is 7.07. The number of rotatable bonds is 20. The van der Waals surface area contributed by atoms with Crippen LogP contribution in [-0.4, -0.2) is 32.8 Å². The fraction of sp³-hybridized carbons (Fsp3) is 0.351. The minimum Gasteiger partial charge on any atom is -0.494 e. The van der Waals surface area contributed by atoms with E-state index in [0.29, 0.717) is 32.2 Å². The van der Waals surface area contributed by atoms with E-state index in [2.05, 4.69) is 4.74 Å². The zero-order chi connectivity index (χ0) is 32.5. The minimum absolute atomic E-state index is 0.240. The van der Waals surface area contributed by atoms with Gasteiger partial charge in [-0.1, -0.05) is 24.3 Å². The minimum atomic E-state index is -4.70. The van der Waals surface area contributed by atoms with Crippen molar-refractivity contribution in [3.05, 3.63) is 103 Å². The van der Waals surface area contributed by atoms with Crippen LogP contribution in [0.2, 0.25) is 0 Å². The van der Waals surface area contributed by atoms with Crippen molar-refractivity contribution in [2.75, 3.05) is 26.4 Å². The molecule has 0 aromatic heterocycles. The summed E-state index contributed by atoms with van der Waals surface area (Å²) in [5, 5.41) is 0. The summed E-state index contributed by atoms with van der Waals surface area (Å²) in [6.07, 6.45) is 3.08. The monoisotopic (exact) mass is 640 g/mol. The van der Waals surface area contributed by atoms with E-state index in [4.69, 9.17) is 18.9 Å². The van der Waals surface area contributed by atoms with Crippen LogP contribution in [0.4, 0.5) is 17.6 Å². The number of hydrogen-bond donors (Lipinski definition) is 0. The van der Waals surface area contributed by atoms with Gasteiger partial charge in [0.05, 0.1) is 26.4 Å². The maximum absolute atomic E-state index is 13.1. The van der Waals surface area contributed by atoms with Crippen molar-refractivity contribution < 1.29 is 41.2 Å². The molecule has 0 heterocycles. The fourth-order valence-corrected chi connectivity index (χ4v) is 4.63. The SMILES string of the molecule is Fc1ccc(-c2ccc(OCCCCCCOc3ccc(OCCCCCCOc4ccc(OC(F)(F)F)cc4)cc3)cc2)cc1. The lowest BCUT2D eigenvalue weighted by Crippen LogP contribution is -2.16. The normalized spacial score (nSPS) is 11.2. The molecule has 0 atom stereocenters. The molecule has 246 valence electrons. The standard InChI is InChI=1S/C37H40F4O5/c38-31-13-9-29(10-14-31)30-11-15-32(16-12-30)42-25-5-1-2-6-26-43-33-17-19-34(20-18-33)44-27-7-3-4-8-28-45-35-21-23-36(24-22-35)46-37(39,40)41/h9-24H,1-8,25-28H2. The van der Waals surface area contributed by atoms with Gasteiger partial charge in [0.15, 0.2) is 0 Å². The van der Waals surface area contributed by atoms with Crippen LogP contribution in [0.1, 0.15) is 51.4 Å². The summed E-state index contributed by atoms with van der Waals surface area (Å²) in [7, 11) is 0. The van der Waals surface area contributed by atoms with Gasteiger partial charge >= 0.3 is 6.36 Å². The second kappa shape index (κ2) is 18.5. The van der Waals surface area contributed by atoms with Gasteiger partial charge in [0.2, 0.25) is 0 Å². The van der Waals surface area contributed by atoms with E-state index < -0.39 is 6.36 Å². The fourth-order valence-electron chi connectivity index (χ4n) is 4.63. The zero-order valence-electron chi connectivity index (χ0n) is 25.8. The lowest BCUT2D eigenvalue weighted by atomic mass is 10.1. The van der Waals surface area contributed by atoms with E-state index in [1.807, 2.05) is 48.5 Å². The molecule has 0 amide bonds. The van der Waals surface area contributed by atoms with E-state index in [9.17, 15) is 17.6 Å². The summed E-state index contributed by atoms with van der Waals surface area (Å²) in [4.78, 5) is 0. The maximum atomic E-state index is 13.1. The van der Waals surface area contributed by atoms with Crippen molar-refractivity contribution in [3.8, 4) is 39.9 Å². The molecule has 0 bridgehead atoms. The molecule has 0 aliphatic carbocycles. The van der Waals surface area contributed by atoms with E-state index >= 15 is 0 Å². The predicted molar refractivity (Wildman–Crippen MR) is 170 cm³/mol. The summed E-state index contributed by atoms with van der Waals surface area (Å²) in [5.41, 5.74) is 2.00. The van der Waals surface area contributed by atoms with Gasteiger partial charge in [-0.15, -0.1) is 13.2 Å². The molecule has 0 radical (unpaired) electrons.